The molecule has 96 valence electrons. The first-order valence-corrected chi connectivity index (χ1v) is 7.30. The second kappa shape index (κ2) is 5.20. The molecule has 0 radical (unpaired) electrons. The predicted octanol–water partition coefficient (Wildman–Crippen LogP) is 2.53. The number of likely N-dealkylation sites (tertiary alicyclic amines) is 1. The average Bonchev–Trinajstić information content (AvgIpc) is 2.99. The van der Waals surface area contributed by atoms with Gasteiger partial charge in [-0.15, -0.1) is 11.3 Å². The molecular weight excluding hydrogens is 244 g/mol. The van der Waals surface area contributed by atoms with Gasteiger partial charge < -0.3 is 0 Å². The third-order valence-electron chi connectivity index (χ3n) is 3.42. The Labute approximate surface area is 111 Å². The van der Waals surface area contributed by atoms with Gasteiger partial charge in [-0.2, -0.15) is 5.10 Å². The molecule has 0 aromatic carbocycles. The number of aryl methyl sites for hydroxylation is 1. The Balaban J connectivity index is 1.71. The van der Waals surface area contributed by atoms with Crippen LogP contribution in [0.1, 0.15) is 24.1 Å². The minimum absolute atomic E-state index is 0.963. The van der Waals surface area contributed by atoms with Crippen molar-refractivity contribution in [2.24, 2.45) is 7.05 Å². The van der Waals surface area contributed by atoms with Gasteiger partial charge in [0.05, 0.1) is 4.88 Å². The summed E-state index contributed by atoms with van der Waals surface area (Å²) in [6, 6.07) is 4.39. The normalized spacial score (nSPS) is 17.2. The lowest BCUT2D eigenvalue weighted by atomic mass is 10.1. The topological polar surface area (TPSA) is 34.0 Å². The Morgan fingerprint density at radius 2 is 2.06 bits per heavy atom. The zero-order valence-electron chi connectivity index (χ0n) is 10.7. The van der Waals surface area contributed by atoms with Crippen molar-refractivity contribution in [3.05, 3.63) is 23.3 Å². The summed E-state index contributed by atoms with van der Waals surface area (Å²) in [5.41, 5.74) is 0. The van der Waals surface area contributed by atoms with Gasteiger partial charge in [-0.3, -0.25) is 4.90 Å². The zero-order chi connectivity index (χ0) is 12.4. The first-order valence-electron chi connectivity index (χ1n) is 6.48. The standard InChI is InChI=1S/C13H18N4S/c1-16-13(14-10-15-16)12-6-5-11(18-12)9-17-7-3-2-4-8-17/h5-6,10H,2-4,7-9H2,1H3. The first kappa shape index (κ1) is 11.9. The molecule has 18 heavy (non-hydrogen) atoms. The van der Waals surface area contributed by atoms with E-state index in [1.807, 2.05) is 23.1 Å². The van der Waals surface area contributed by atoms with Crippen molar-refractivity contribution in [2.45, 2.75) is 25.8 Å². The monoisotopic (exact) mass is 262 g/mol. The quantitative estimate of drug-likeness (QED) is 0.852. The summed E-state index contributed by atoms with van der Waals surface area (Å²) in [4.78, 5) is 9.48. The van der Waals surface area contributed by atoms with Crippen LogP contribution < -0.4 is 0 Å². The lowest BCUT2D eigenvalue weighted by Gasteiger charge is -2.25. The van der Waals surface area contributed by atoms with E-state index < -0.39 is 0 Å². The van der Waals surface area contributed by atoms with E-state index >= 15 is 0 Å². The molecule has 0 N–H and O–H groups in total. The van der Waals surface area contributed by atoms with Crippen LogP contribution in [0.2, 0.25) is 0 Å². The Morgan fingerprint density at radius 1 is 1.22 bits per heavy atom. The summed E-state index contributed by atoms with van der Waals surface area (Å²) < 4.78 is 1.83. The Kier molecular flexibility index (Phi) is 3.43. The zero-order valence-corrected chi connectivity index (χ0v) is 11.5. The van der Waals surface area contributed by atoms with Gasteiger partial charge in [0.15, 0.2) is 5.82 Å². The number of thiophene rings is 1. The van der Waals surface area contributed by atoms with Crippen LogP contribution in [-0.2, 0) is 13.6 Å². The third kappa shape index (κ3) is 2.47. The smallest absolute Gasteiger partial charge is 0.167 e. The maximum absolute atomic E-state index is 4.29. The molecule has 0 atom stereocenters. The predicted molar refractivity (Wildman–Crippen MR) is 73.4 cm³/mol. The van der Waals surface area contributed by atoms with Gasteiger partial charge in [-0.1, -0.05) is 6.42 Å². The average molecular weight is 262 g/mol. The van der Waals surface area contributed by atoms with Crippen molar-refractivity contribution in [2.75, 3.05) is 13.1 Å². The summed E-state index contributed by atoms with van der Waals surface area (Å²) >= 11 is 1.83. The molecule has 0 spiro atoms. The molecule has 1 aliphatic heterocycles. The molecule has 2 aromatic rings. The summed E-state index contributed by atoms with van der Waals surface area (Å²) in [6.07, 6.45) is 5.70. The summed E-state index contributed by atoms with van der Waals surface area (Å²) in [6.45, 7) is 3.58. The molecule has 2 aromatic heterocycles. The SMILES string of the molecule is Cn1ncnc1-c1ccc(CN2CCCCC2)s1. The highest BCUT2D eigenvalue weighted by molar-refractivity contribution is 7.15. The molecule has 4 nitrogen and oxygen atoms in total. The van der Waals surface area contributed by atoms with Gasteiger partial charge in [0.2, 0.25) is 0 Å². The number of aromatic nitrogens is 3. The van der Waals surface area contributed by atoms with Crippen molar-refractivity contribution in [3.8, 4) is 10.7 Å². The Hall–Kier alpha value is -1.20. The van der Waals surface area contributed by atoms with Crippen LogP contribution in [-0.4, -0.2) is 32.8 Å². The maximum atomic E-state index is 4.29. The van der Waals surface area contributed by atoms with Crippen LogP contribution in [0.4, 0.5) is 0 Å². The number of piperidine rings is 1. The lowest BCUT2D eigenvalue weighted by Crippen LogP contribution is -2.28. The van der Waals surface area contributed by atoms with Crippen LogP contribution in [0.15, 0.2) is 18.5 Å². The number of hydrogen-bond donors (Lipinski definition) is 0. The third-order valence-corrected chi connectivity index (χ3v) is 4.49. The number of rotatable bonds is 3. The highest BCUT2D eigenvalue weighted by atomic mass is 32.1. The summed E-state index contributed by atoms with van der Waals surface area (Å²) in [5.74, 6) is 0.963. The van der Waals surface area contributed by atoms with Gasteiger partial charge in [0.25, 0.3) is 0 Å². The molecule has 3 rings (SSSR count). The molecular formula is C13H18N4S. The van der Waals surface area contributed by atoms with Gasteiger partial charge >= 0.3 is 0 Å². The second-order valence-corrected chi connectivity index (χ2v) is 5.98. The fourth-order valence-corrected chi connectivity index (χ4v) is 3.52. The molecule has 5 heteroatoms. The van der Waals surface area contributed by atoms with E-state index in [1.165, 1.54) is 42.1 Å². The van der Waals surface area contributed by atoms with Crippen LogP contribution in [0.3, 0.4) is 0 Å². The molecule has 0 bridgehead atoms. The molecule has 1 aliphatic rings. The van der Waals surface area contributed by atoms with Crippen molar-refractivity contribution >= 4 is 11.3 Å². The Morgan fingerprint density at radius 3 is 2.78 bits per heavy atom. The van der Waals surface area contributed by atoms with E-state index in [2.05, 4.69) is 27.1 Å². The van der Waals surface area contributed by atoms with Crippen LogP contribution >= 0.6 is 11.3 Å². The van der Waals surface area contributed by atoms with Gasteiger partial charge in [0, 0.05) is 18.5 Å². The van der Waals surface area contributed by atoms with Crippen molar-refractivity contribution in [1.82, 2.24) is 19.7 Å². The van der Waals surface area contributed by atoms with Crippen molar-refractivity contribution in [3.63, 3.8) is 0 Å². The van der Waals surface area contributed by atoms with E-state index in [0.29, 0.717) is 0 Å². The van der Waals surface area contributed by atoms with Crippen molar-refractivity contribution < 1.29 is 0 Å². The number of hydrogen-bond acceptors (Lipinski definition) is 4. The molecule has 0 saturated carbocycles. The maximum Gasteiger partial charge on any atom is 0.167 e. The van der Waals surface area contributed by atoms with Gasteiger partial charge in [-0.05, 0) is 38.1 Å². The van der Waals surface area contributed by atoms with Gasteiger partial charge in [-0.25, -0.2) is 9.67 Å². The van der Waals surface area contributed by atoms with Crippen molar-refractivity contribution in [1.29, 1.82) is 0 Å². The van der Waals surface area contributed by atoms with E-state index in [4.69, 9.17) is 0 Å². The molecule has 3 heterocycles. The molecule has 1 saturated heterocycles. The highest BCUT2D eigenvalue weighted by Crippen LogP contribution is 2.27. The van der Waals surface area contributed by atoms with E-state index in [0.717, 1.165) is 12.4 Å². The number of nitrogens with zero attached hydrogens (tertiary/aromatic N) is 4. The fraction of sp³-hybridized carbons (Fsp3) is 0.538. The largest absolute Gasteiger partial charge is 0.298 e. The van der Waals surface area contributed by atoms with E-state index in [9.17, 15) is 0 Å². The molecule has 1 fully saturated rings. The summed E-state index contributed by atoms with van der Waals surface area (Å²) in [5, 5.41) is 4.12. The van der Waals surface area contributed by atoms with Gasteiger partial charge in [0.1, 0.15) is 6.33 Å². The van der Waals surface area contributed by atoms with E-state index in [1.54, 1.807) is 6.33 Å². The van der Waals surface area contributed by atoms with E-state index in [-0.39, 0.29) is 0 Å². The molecule has 0 aliphatic carbocycles. The molecule has 0 unspecified atom stereocenters. The van der Waals surface area contributed by atoms with Crippen LogP contribution in [0.25, 0.3) is 10.7 Å². The minimum Gasteiger partial charge on any atom is -0.298 e. The Bertz CT molecular complexity index is 511. The highest BCUT2D eigenvalue weighted by Gasteiger charge is 2.13. The second-order valence-electron chi connectivity index (χ2n) is 4.81. The first-order chi connectivity index (χ1) is 8.83. The minimum atomic E-state index is 0.963. The lowest BCUT2D eigenvalue weighted by molar-refractivity contribution is 0.222. The molecule has 0 amide bonds. The van der Waals surface area contributed by atoms with Crippen LogP contribution in [0.5, 0.6) is 0 Å². The summed E-state index contributed by atoms with van der Waals surface area (Å²) in [7, 11) is 1.94. The van der Waals surface area contributed by atoms with Crippen LogP contribution in [0, 0.1) is 0 Å². The fourth-order valence-electron chi connectivity index (χ4n) is 2.44.